The van der Waals surface area contributed by atoms with Gasteiger partial charge in [-0.1, -0.05) is 36.4 Å². The molecule has 0 aliphatic heterocycles. The molecule has 0 saturated heterocycles. The zero-order valence-corrected chi connectivity index (χ0v) is 16.9. The highest BCUT2D eigenvalue weighted by molar-refractivity contribution is 6.01. The number of nitrogens with zero attached hydrogens (tertiary/aromatic N) is 1. The third kappa shape index (κ3) is 4.57. The van der Waals surface area contributed by atoms with E-state index in [1.54, 1.807) is 25.1 Å². The fraction of sp³-hybridized carbons (Fsp3) is 0.292. The van der Waals surface area contributed by atoms with Gasteiger partial charge in [-0.15, -0.1) is 0 Å². The van der Waals surface area contributed by atoms with Gasteiger partial charge in [-0.3, -0.25) is 4.79 Å². The number of esters is 1. The smallest absolute Gasteiger partial charge is 0.308 e. The van der Waals surface area contributed by atoms with Gasteiger partial charge in [-0.2, -0.15) is 0 Å². The van der Waals surface area contributed by atoms with E-state index in [2.05, 4.69) is 24.5 Å². The normalized spacial score (nSPS) is 12.8. The first-order chi connectivity index (χ1) is 13.9. The van der Waals surface area contributed by atoms with Crippen LogP contribution in [-0.4, -0.2) is 28.4 Å². The fourth-order valence-corrected chi connectivity index (χ4v) is 3.58. The lowest BCUT2D eigenvalue weighted by Gasteiger charge is -2.14. The first kappa shape index (κ1) is 20.8. The third-order valence-corrected chi connectivity index (χ3v) is 4.76. The molecule has 1 aromatic heterocycles. The highest BCUT2D eigenvalue weighted by Gasteiger charge is 2.19. The van der Waals surface area contributed by atoms with Gasteiger partial charge in [0.05, 0.1) is 19.1 Å². The minimum atomic E-state index is -0.950. The van der Waals surface area contributed by atoms with E-state index in [0.29, 0.717) is 0 Å². The second-order valence-electron chi connectivity index (χ2n) is 7.18. The number of ether oxygens (including phenoxy) is 1. The van der Waals surface area contributed by atoms with Crippen LogP contribution >= 0.6 is 0 Å². The quantitative estimate of drug-likeness (QED) is 0.548. The standard InChI is InChI=1S/C24H26FNO3/c1-4-29-23(28)15-19(27)13-14-22-24(17-9-11-18(25)12-10-17)20-7-5-6-8-21(20)26(22)16(2)3/h5-14,16,19,27H,4,15H2,1-3H3/t19-/m0/s1. The maximum absolute atomic E-state index is 13.5. The molecule has 1 atom stereocenters. The number of aliphatic hydroxyl groups excluding tert-OH is 1. The molecule has 0 aliphatic rings. The average molecular weight is 395 g/mol. The van der Waals surface area contributed by atoms with Gasteiger partial charge in [0.2, 0.25) is 0 Å². The average Bonchev–Trinajstić information content (AvgIpc) is 3.01. The van der Waals surface area contributed by atoms with Gasteiger partial charge in [0.15, 0.2) is 0 Å². The summed E-state index contributed by atoms with van der Waals surface area (Å²) < 4.78 is 20.6. The van der Waals surface area contributed by atoms with E-state index in [-0.39, 0.29) is 24.9 Å². The number of carbonyl (C=O) groups excluding carboxylic acids is 1. The molecule has 0 spiro atoms. The molecule has 2 aromatic carbocycles. The molecule has 0 saturated carbocycles. The van der Waals surface area contributed by atoms with Gasteiger partial charge in [0, 0.05) is 28.2 Å². The lowest BCUT2D eigenvalue weighted by Crippen LogP contribution is -2.13. The second-order valence-corrected chi connectivity index (χ2v) is 7.18. The molecule has 29 heavy (non-hydrogen) atoms. The summed E-state index contributed by atoms with van der Waals surface area (Å²) in [4.78, 5) is 11.6. The molecule has 0 fully saturated rings. The molecule has 3 rings (SSSR count). The Bertz CT molecular complexity index is 1020. The van der Waals surface area contributed by atoms with Crippen molar-refractivity contribution in [2.75, 3.05) is 6.61 Å². The Morgan fingerprint density at radius 2 is 1.86 bits per heavy atom. The number of aromatic nitrogens is 1. The monoisotopic (exact) mass is 395 g/mol. The van der Waals surface area contributed by atoms with Crippen molar-refractivity contribution in [3.8, 4) is 11.1 Å². The van der Waals surface area contributed by atoms with Gasteiger partial charge in [0.25, 0.3) is 0 Å². The SMILES string of the molecule is CCOC(=O)C[C@@H](O)C=Cc1c(-c2ccc(F)cc2)c2ccccc2n1C(C)C. The molecule has 5 heteroatoms. The molecule has 0 amide bonds. The maximum Gasteiger partial charge on any atom is 0.308 e. The van der Waals surface area contributed by atoms with Crippen LogP contribution in [0.25, 0.3) is 28.1 Å². The molecule has 0 unspecified atom stereocenters. The van der Waals surface area contributed by atoms with Crippen molar-refractivity contribution in [3.05, 3.63) is 66.1 Å². The molecule has 0 bridgehead atoms. The third-order valence-electron chi connectivity index (χ3n) is 4.76. The van der Waals surface area contributed by atoms with E-state index in [1.165, 1.54) is 12.1 Å². The molecule has 4 nitrogen and oxygen atoms in total. The van der Waals surface area contributed by atoms with Crippen LogP contribution in [0.2, 0.25) is 0 Å². The molecular weight excluding hydrogens is 369 g/mol. The zero-order chi connectivity index (χ0) is 21.0. The summed E-state index contributed by atoms with van der Waals surface area (Å²) in [6, 6.07) is 14.6. The van der Waals surface area contributed by atoms with Crippen LogP contribution in [0.3, 0.4) is 0 Å². The summed E-state index contributed by atoms with van der Waals surface area (Å²) in [5.74, 6) is -0.726. The second kappa shape index (κ2) is 9.05. The van der Waals surface area contributed by atoms with Crippen molar-refractivity contribution in [2.45, 2.75) is 39.3 Å². The molecule has 152 valence electrons. The number of benzene rings is 2. The van der Waals surface area contributed by atoms with Crippen molar-refractivity contribution in [1.82, 2.24) is 4.57 Å². The molecule has 1 N–H and O–H groups in total. The van der Waals surface area contributed by atoms with Crippen molar-refractivity contribution in [1.29, 1.82) is 0 Å². The summed E-state index contributed by atoms with van der Waals surface area (Å²) in [6.07, 6.45) is 2.39. The lowest BCUT2D eigenvalue weighted by molar-refractivity contribution is -0.144. The topological polar surface area (TPSA) is 51.5 Å². The predicted octanol–water partition coefficient (Wildman–Crippen LogP) is 5.36. The predicted molar refractivity (Wildman–Crippen MR) is 114 cm³/mol. The Kier molecular flexibility index (Phi) is 6.49. The number of aliphatic hydroxyl groups is 1. The largest absolute Gasteiger partial charge is 0.466 e. The molecular formula is C24H26FNO3. The zero-order valence-electron chi connectivity index (χ0n) is 16.9. The summed E-state index contributed by atoms with van der Waals surface area (Å²) in [5, 5.41) is 11.3. The van der Waals surface area contributed by atoms with Crippen LogP contribution in [0.15, 0.2) is 54.6 Å². The van der Waals surface area contributed by atoms with Crippen LogP contribution in [0, 0.1) is 5.82 Å². The van der Waals surface area contributed by atoms with E-state index in [1.807, 2.05) is 24.3 Å². The fourth-order valence-electron chi connectivity index (χ4n) is 3.58. The van der Waals surface area contributed by atoms with Crippen molar-refractivity contribution >= 4 is 22.9 Å². The van der Waals surface area contributed by atoms with Crippen LogP contribution in [0.4, 0.5) is 4.39 Å². The Hall–Kier alpha value is -2.92. The number of hydrogen-bond acceptors (Lipinski definition) is 3. The van der Waals surface area contributed by atoms with Crippen LogP contribution in [-0.2, 0) is 9.53 Å². The minimum absolute atomic E-state index is 0.0991. The van der Waals surface area contributed by atoms with Gasteiger partial charge in [0.1, 0.15) is 5.82 Å². The molecule has 1 heterocycles. The Morgan fingerprint density at radius 1 is 1.17 bits per heavy atom. The van der Waals surface area contributed by atoms with Gasteiger partial charge >= 0.3 is 5.97 Å². The van der Waals surface area contributed by atoms with Crippen LogP contribution in [0.5, 0.6) is 0 Å². The first-order valence-corrected chi connectivity index (χ1v) is 9.83. The molecule has 0 radical (unpaired) electrons. The lowest BCUT2D eigenvalue weighted by atomic mass is 10.0. The Morgan fingerprint density at radius 3 is 2.52 bits per heavy atom. The van der Waals surface area contributed by atoms with Gasteiger partial charge in [-0.25, -0.2) is 4.39 Å². The highest BCUT2D eigenvalue weighted by atomic mass is 19.1. The van der Waals surface area contributed by atoms with E-state index < -0.39 is 12.1 Å². The van der Waals surface area contributed by atoms with E-state index in [9.17, 15) is 14.3 Å². The summed E-state index contributed by atoms with van der Waals surface area (Å²) >= 11 is 0. The van der Waals surface area contributed by atoms with Crippen LogP contribution in [0.1, 0.15) is 38.9 Å². The summed E-state index contributed by atoms with van der Waals surface area (Å²) in [5.41, 5.74) is 3.81. The minimum Gasteiger partial charge on any atom is -0.466 e. The summed E-state index contributed by atoms with van der Waals surface area (Å²) in [7, 11) is 0. The number of halogens is 1. The van der Waals surface area contributed by atoms with Crippen LogP contribution < -0.4 is 0 Å². The Balaban J connectivity index is 2.12. The number of rotatable bonds is 7. The maximum atomic E-state index is 13.5. The number of hydrogen-bond donors (Lipinski definition) is 1. The van der Waals surface area contributed by atoms with Crippen molar-refractivity contribution < 1.29 is 19.0 Å². The number of para-hydroxylation sites is 1. The molecule has 0 aliphatic carbocycles. The number of fused-ring (bicyclic) bond motifs is 1. The summed E-state index contributed by atoms with van der Waals surface area (Å²) in [6.45, 7) is 6.20. The Labute approximate surface area is 170 Å². The van der Waals surface area contributed by atoms with E-state index in [4.69, 9.17) is 4.74 Å². The van der Waals surface area contributed by atoms with Crippen molar-refractivity contribution in [3.63, 3.8) is 0 Å². The van der Waals surface area contributed by atoms with Crippen molar-refractivity contribution in [2.24, 2.45) is 0 Å². The van der Waals surface area contributed by atoms with E-state index >= 15 is 0 Å². The first-order valence-electron chi connectivity index (χ1n) is 9.83. The van der Waals surface area contributed by atoms with E-state index in [0.717, 1.165) is 27.7 Å². The number of carbonyl (C=O) groups is 1. The van der Waals surface area contributed by atoms with Gasteiger partial charge < -0.3 is 14.4 Å². The highest BCUT2D eigenvalue weighted by Crippen LogP contribution is 2.37. The molecule has 3 aromatic rings. The van der Waals surface area contributed by atoms with Gasteiger partial charge in [-0.05, 0) is 50.6 Å².